The monoisotopic (exact) mass is 382 g/mol. The van der Waals surface area contributed by atoms with E-state index >= 15 is 0 Å². The maximum atomic E-state index is 14.0. The van der Waals surface area contributed by atoms with Crippen molar-refractivity contribution in [2.24, 2.45) is 0 Å². The quantitative estimate of drug-likeness (QED) is 0.382. The fourth-order valence-electron chi connectivity index (χ4n) is 2.56. The van der Waals surface area contributed by atoms with Gasteiger partial charge in [-0.3, -0.25) is 4.55 Å². The Bertz CT molecular complexity index is 968. The number of benzene rings is 3. The molecule has 0 heterocycles. The van der Waals surface area contributed by atoms with Gasteiger partial charge in [0.25, 0.3) is 10.1 Å². The second kappa shape index (κ2) is 8.00. The van der Waals surface area contributed by atoms with Gasteiger partial charge in [0.05, 0.1) is 4.90 Å². The second-order valence-electron chi connectivity index (χ2n) is 5.25. The number of hydrogen-bond donors (Lipinski definition) is 1. The second-order valence-corrected chi connectivity index (χ2v) is 9.44. The van der Waals surface area contributed by atoms with E-state index in [1.807, 2.05) is 12.1 Å². The maximum Gasteiger partial charge on any atom is 1.00 e. The van der Waals surface area contributed by atoms with Crippen molar-refractivity contribution in [1.29, 1.82) is 0 Å². The molecule has 0 bridgehead atoms. The summed E-state index contributed by atoms with van der Waals surface area (Å²) in [6, 6.07) is 23.5. The summed E-state index contributed by atoms with van der Waals surface area (Å²) in [5.74, 6) is 0. The molecule has 3 rings (SSSR count). The first-order valence-corrected chi connectivity index (χ1v) is 10.4. The summed E-state index contributed by atoms with van der Waals surface area (Å²) in [5.41, 5.74) is 0. The molecular formula is C18H16NaO4PS. The van der Waals surface area contributed by atoms with E-state index < -0.39 is 17.3 Å². The van der Waals surface area contributed by atoms with Crippen molar-refractivity contribution in [1.82, 2.24) is 0 Å². The van der Waals surface area contributed by atoms with Gasteiger partial charge < -0.3 is 5.99 Å². The molecule has 0 aliphatic carbocycles. The first kappa shape index (κ1) is 20.1. The zero-order valence-electron chi connectivity index (χ0n) is 14.6. The molecule has 25 heavy (non-hydrogen) atoms. The molecule has 0 fully saturated rings. The SMILES string of the molecule is O=P(c1ccccc1)(c1ccccc1)c1cccc(S(=O)(=O)O)c1.[H-].[Na+]. The fourth-order valence-corrected chi connectivity index (χ4v) is 5.87. The standard InChI is InChI=1S/C18H15O4PS.Na.H/c19-23(15-8-3-1-4-9-15,16-10-5-2-6-11-16)17-12-7-13-18(14-17)24(20,21)22;;/h1-14H,(H,20,21,22);;/q;+1;-1. The zero-order chi connectivity index (χ0) is 17.2. The van der Waals surface area contributed by atoms with E-state index in [2.05, 4.69) is 0 Å². The van der Waals surface area contributed by atoms with Crippen LogP contribution in [-0.2, 0) is 14.7 Å². The van der Waals surface area contributed by atoms with E-state index in [1.54, 1.807) is 54.6 Å². The predicted octanol–water partition coefficient (Wildman–Crippen LogP) is -0.311. The minimum Gasteiger partial charge on any atom is -1.00 e. The van der Waals surface area contributed by atoms with Crippen LogP contribution in [0, 0.1) is 0 Å². The molecule has 0 saturated carbocycles. The van der Waals surface area contributed by atoms with Crippen LogP contribution in [0.1, 0.15) is 1.43 Å². The average molecular weight is 382 g/mol. The maximum absolute atomic E-state index is 14.0. The van der Waals surface area contributed by atoms with Gasteiger partial charge in [-0.05, 0) is 12.1 Å². The van der Waals surface area contributed by atoms with Gasteiger partial charge in [0.1, 0.15) is 0 Å². The van der Waals surface area contributed by atoms with Crippen molar-refractivity contribution in [3.05, 3.63) is 84.9 Å². The molecule has 0 aromatic heterocycles. The molecular weight excluding hydrogens is 366 g/mol. The first-order valence-electron chi connectivity index (χ1n) is 7.22. The summed E-state index contributed by atoms with van der Waals surface area (Å²) in [7, 11) is -7.62. The van der Waals surface area contributed by atoms with E-state index in [4.69, 9.17) is 0 Å². The molecule has 0 amide bonds. The first-order chi connectivity index (χ1) is 11.4. The Hall–Kier alpha value is -1.20. The molecule has 0 aliphatic rings. The summed E-state index contributed by atoms with van der Waals surface area (Å²) in [4.78, 5) is -0.271. The Labute approximate surface area is 170 Å². The van der Waals surface area contributed by atoms with Crippen LogP contribution < -0.4 is 45.5 Å². The molecule has 3 aromatic carbocycles. The third kappa shape index (κ3) is 4.14. The van der Waals surface area contributed by atoms with Gasteiger partial charge in [0, 0.05) is 15.9 Å². The summed E-state index contributed by atoms with van der Waals surface area (Å²) >= 11 is 0. The summed E-state index contributed by atoms with van der Waals surface area (Å²) in [6.45, 7) is 0. The van der Waals surface area contributed by atoms with Crippen LogP contribution in [-0.4, -0.2) is 13.0 Å². The van der Waals surface area contributed by atoms with E-state index in [-0.39, 0.29) is 35.9 Å². The van der Waals surface area contributed by atoms with Gasteiger partial charge in [0.2, 0.25) is 0 Å². The van der Waals surface area contributed by atoms with Crippen LogP contribution in [0.2, 0.25) is 0 Å². The van der Waals surface area contributed by atoms with E-state index in [0.717, 1.165) is 0 Å². The molecule has 0 aliphatic heterocycles. The van der Waals surface area contributed by atoms with Crippen LogP contribution in [0.25, 0.3) is 0 Å². The van der Waals surface area contributed by atoms with Gasteiger partial charge in [-0.1, -0.05) is 72.8 Å². The minimum absolute atomic E-state index is 0. The summed E-state index contributed by atoms with van der Waals surface area (Å²) < 4.78 is 46.2. The summed E-state index contributed by atoms with van der Waals surface area (Å²) in [5, 5.41) is 1.56. The van der Waals surface area contributed by atoms with Gasteiger partial charge >= 0.3 is 29.6 Å². The molecule has 124 valence electrons. The molecule has 7 heteroatoms. The number of rotatable bonds is 4. The molecule has 4 nitrogen and oxygen atoms in total. The Balaban J connectivity index is 0.00000169. The van der Waals surface area contributed by atoms with Gasteiger partial charge in [-0.2, -0.15) is 8.42 Å². The molecule has 0 atom stereocenters. The Morgan fingerprint density at radius 2 is 1.16 bits per heavy atom. The smallest absolute Gasteiger partial charge is 1.00 e. The van der Waals surface area contributed by atoms with Crippen LogP contribution in [0.15, 0.2) is 89.8 Å². The van der Waals surface area contributed by atoms with Crippen LogP contribution in [0.5, 0.6) is 0 Å². The van der Waals surface area contributed by atoms with Crippen molar-refractivity contribution < 1.29 is 48.5 Å². The average Bonchev–Trinajstić information content (AvgIpc) is 2.62. The Morgan fingerprint density at radius 1 is 0.720 bits per heavy atom. The van der Waals surface area contributed by atoms with E-state index in [9.17, 15) is 17.5 Å². The summed E-state index contributed by atoms with van der Waals surface area (Å²) in [6.07, 6.45) is 0. The Kier molecular flexibility index (Phi) is 6.44. The molecule has 3 aromatic rings. The van der Waals surface area contributed by atoms with Crippen molar-refractivity contribution >= 4 is 33.2 Å². The zero-order valence-corrected chi connectivity index (χ0v) is 17.3. The largest absolute Gasteiger partial charge is 1.00 e. The van der Waals surface area contributed by atoms with E-state index in [0.29, 0.717) is 15.9 Å². The topological polar surface area (TPSA) is 71.4 Å². The fraction of sp³-hybridized carbons (Fsp3) is 0. The van der Waals surface area contributed by atoms with Gasteiger partial charge in [0.15, 0.2) is 7.14 Å². The Morgan fingerprint density at radius 3 is 1.60 bits per heavy atom. The van der Waals surface area contributed by atoms with Gasteiger partial charge in [-0.25, -0.2) is 0 Å². The number of hydrogen-bond acceptors (Lipinski definition) is 3. The molecule has 1 N–H and O–H groups in total. The van der Waals surface area contributed by atoms with Crippen molar-refractivity contribution in [2.75, 3.05) is 0 Å². The molecule has 0 spiro atoms. The predicted molar refractivity (Wildman–Crippen MR) is 96.8 cm³/mol. The third-order valence-corrected chi connectivity index (χ3v) is 7.62. The third-order valence-electron chi connectivity index (χ3n) is 3.72. The van der Waals surface area contributed by atoms with Crippen molar-refractivity contribution in [3.63, 3.8) is 0 Å². The van der Waals surface area contributed by atoms with Gasteiger partial charge in [-0.15, -0.1) is 0 Å². The normalized spacial score (nSPS) is 11.6. The molecule has 0 unspecified atom stereocenters. The van der Waals surface area contributed by atoms with Crippen molar-refractivity contribution in [2.45, 2.75) is 4.90 Å². The van der Waals surface area contributed by atoms with E-state index in [1.165, 1.54) is 18.2 Å². The van der Waals surface area contributed by atoms with Crippen molar-refractivity contribution in [3.8, 4) is 0 Å². The van der Waals surface area contributed by atoms with Crippen LogP contribution >= 0.6 is 7.14 Å². The minimum atomic E-state index is -4.37. The van der Waals surface area contributed by atoms with Crippen LogP contribution in [0.3, 0.4) is 0 Å². The molecule has 0 saturated heterocycles. The molecule has 0 radical (unpaired) electrons. The van der Waals surface area contributed by atoms with Crippen LogP contribution in [0.4, 0.5) is 0 Å².